The molecule has 84 valence electrons. The van der Waals surface area contributed by atoms with Crippen LogP contribution < -0.4 is 0 Å². The molecule has 1 aliphatic heterocycles. The Balaban J connectivity index is 2.51. The predicted molar refractivity (Wildman–Crippen MR) is 63.5 cm³/mol. The highest BCUT2D eigenvalue weighted by Crippen LogP contribution is 2.20. The topological polar surface area (TPSA) is 20.3 Å². The summed E-state index contributed by atoms with van der Waals surface area (Å²) in [6, 6.07) is 0. The van der Waals surface area contributed by atoms with E-state index in [0.29, 0.717) is 11.8 Å². The SMILES string of the molecule is C/C=C/C=C/C(=O)N1CC(C)CC(C)C1. The molecule has 0 radical (unpaired) electrons. The van der Waals surface area contributed by atoms with Crippen molar-refractivity contribution in [3.63, 3.8) is 0 Å². The summed E-state index contributed by atoms with van der Waals surface area (Å²) in [6.07, 6.45) is 8.51. The second-order valence-electron chi connectivity index (χ2n) is 4.57. The highest BCUT2D eigenvalue weighted by molar-refractivity contribution is 5.87. The Morgan fingerprint density at radius 1 is 1.20 bits per heavy atom. The molecule has 15 heavy (non-hydrogen) atoms. The molecule has 1 amide bonds. The highest BCUT2D eigenvalue weighted by atomic mass is 16.2. The number of allylic oxidation sites excluding steroid dienone is 3. The van der Waals surface area contributed by atoms with Crippen LogP contribution in [0.4, 0.5) is 0 Å². The molecule has 1 heterocycles. The zero-order valence-electron chi connectivity index (χ0n) is 9.94. The van der Waals surface area contributed by atoms with Gasteiger partial charge in [-0.2, -0.15) is 0 Å². The van der Waals surface area contributed by atoms with Crippen molar-refractivity contribution in [3.05, 3.63) is 24.3 Å². The van der Waals surface area contributed by atoms with Gasteiger partial charge in [-0.1, -0.05) is 32.1 Å². The zero-order valence-corrected chi connectivity index (χ0v) is 9.94. The van der Waals surface area contributed by atoms with E-state index in [0.717, 1.165) is 13.1 Å². The lowest BCUT2D eigenvalue weighted by Crippen LogP contribution is -2.41. The largest absolute Gasteiger partial charge is 0.339 e. The van der Waals surface area contributed by atoms with Crippen molar-refractivity contribution >= 4 is 5.91 Å². The third kappa shape index (κ3) is 3.90. The summed E-state index contributed by atoms with van der Waals surface area (Å²) in [7, 11) is 0. The van der Waals surface area contributed by atoms with E-state index in [1.54, 1.807) is 6.08 Å². The quantitative estimate of drug-likeness (QED) is 0.503. The summed E-state index contributed by atoms with van der Waals surface area (Å²) in [5.74, 6) is 1.41. The van der Waals surface area contributed by atoms with Gasteiger partial charge < -0.3 is 4.90 Å². The normalized spacial score (nSPS) is 27.8. The average molecular weight is 207 g/mol. The van der Waals surface area contributed by atoms with Gasteiger partial charge in [-0.05, 0) is 25.2 Å². The van der Waals surface area contributed by atoms with E-state index in [9.17, 15) is 4.79 Å². The fourth-order valence-electron chi connectivity index (χ4n) is 2.20. The molecule has 0 N–H and O–H groups in total. The summed E-state index contributed by atoms with van der Waals surface area (Å²) in [5, 5.41) is 0. The standard InChI is InChI=1S/C13H21NO/c1-4-5-6-7-13(15)14-9-11(2)8-12(3)10-14/h4-7,11-12H,8-10H2,1-3H3/b5-4+,7-6+. The Bertz CT molecular complexity index is 258. The minimum absolute atomic E-state index is 0.145. The van der Waals surface area contributed by atoms with E-state index < -0.39 is 0 Å². The number of likely N-dealkylation sites (tertiary alicyclic amines) is 1. The highest BCUT2D eigenvalue weighted by Gasteiger charge is 2.23. The van der Waals surface area contributed by atoms with Crippen molar-refractivity contribution in [2.75, 3.05) is 13.1 Å². The number of nitrogens with zero attached hydrogens (tertiary/aromatic N) is 1. The van der Waals surface area contributed by atoms with Crippen LogP contribution in [0, 0.1) is 11.8 Å². The molecule has 2 heteroatoms. The molecule has 1 rings (SSSR count). The molecule has 0 bridgehead atoms. The van der Waals surface area contributed by atoms with Crippen molar-refractivity contribution in [3.8, 4) is 0 Å². The molecule has 0 aromatic heterocycles. The van der Waals surface area contributed by atoms with Gasteiger partial charge in [0.15, 0.2) is 0 Å². The molecule has 0 aliphatic carbocycles. The summed E-state index contributed by atoms with van der Waals surface area (Å²) in [5.41, 5.74) is 0. The van der Waals surface area contributed by atoms with E-state index in [4.69, 9.17) is 0 Å². The molecule has 2 unspecified atom stereocenters. The molecular formula is C13H21NO. The second-order valence-corrected chi connectivity index (χ2v) is 4.57. The number of rotatable bonds is 2. The van der Waals surface area contributed by atoms with Gasteiger partial charge in [-0.15, -0.1) is 0 Å². The molecule has 0 aromatic carbocycles. The Morgan fingerprint density at radius 3 is 2.33 bits per heavy atom. The van der Waals surface area contributed by atoms with Crippen LogP contribution in [0.1, 0.15) is 27.2 Å². The van der Waals surface area contributed by atoms with Gasteiger partial charge in [0, 0.05) is 19.2 Å². The third-order valence-electron chi connectivity index (χ3n) is 2.72. The fraction of sp³-hybridized carbons (Fsp3) is 0.615. The van der Waals surface area contributed by atoms with Crippen LogP contribution in [-0.4, -0.2) is 23.9 Å². The smallest absolute Gasteiger partial charge is 0.246 e. The van der Waals surface area contributed by atoms with Crippen LogP contribution in [0.2, 0.25) is 0 Å². The number of piperidine rings is 1. The minimum atomic E-state index is 0.145. The van der Waals surface area contributed by atoms with Crippen LogP contribution >= 0.6 is 0 Å². The van der Waals surface area contributed by atoms with Crippen LogP contribution in [0.25, 0.3) is 0 Å². The van der Waals surface area contributed by atoms with Gasteiger partial charge in [0.05, 0.1) is 0 Å². The molecular weight excluding hydrogens is 186 g/mol. The van der Waals surface area contributed by atoms with E-state index in [-0.39, 0.29) is 5.91 Å². The molecule has 0 spiro atoms. The van der Waals surface area contributed by atoms with E-state index >= 15 is 0 Å². The fourth-order valence-corrected chi connectivity index (χ4v) is 2.20. The van der Waals surface area contributed by atoms with E-state index in [2.05, 4.69) is 13.8 Å². The third-order valence-corrected chi connectivity index (χ3v) is 2.72. The number of hydrogen-bond acceptors (Lipinski definition) is 1. The van der Waals surface area contributed by atoms with Crippen LogP contribution in [0.3, 0.4) is 0 Å². The van der Waals surface area contributed by atoms with Crippen molar-refractivity contribution in [2.45, 2.75) is 27.2 Å². The van der Waals surface area contributed by atoms with Crippen molar-refractivity contribution in [1.82, 2.24) is 4.90 Å². The van der Waals surface area contributed by atoms with E-state index in [1.807, 2.05) is 30.1 Å². The van der Waals surface area contributed by atoms with Crippen molar-refractivity contribution in [1.29, 1.82) is 0 Å². The van der Waals surface area contributed by atoms with Gasteiger partial charge in [0.25, 0.3) is 0 Å². The van der Waals surface area contributed by atoms with Gasteiger partial charge in [0.2, 0.25) is 5.91 Å². The number of carbonyl (C=O) groups excluding carboxylic acids is 1. The molecule has 1 saturated heterocycles. The van der Waals surface area contributed by atoms with Gasteiger partial charge in [-0.3, -0.25) is 4.79 Å². The number of hydrogen-bond donors (Lipinski definition) is 0. The minimum Gasteiger partial charge on any atom is -0.339 e. The lowest BCUT2D eigenvalue weighted by atomic mass is 9.92. The molecule has 2 atom stereocenters. The first kappa shape index (κ1) is 12.0. The van der Waals surface area contributed by atoms with Gasteiger partial charge >= 0.3 is 0 Å². The first-order valence-corrected chi connectivity index (χ1v) is 5.71. The van der Waals surface area contributed by atoms with Crippen LogP contribution in [0.5, 0.6) is 0 Å². The monoisotopic (exact) mass is 207 g/mol. The van der Waals surface area contributed by atoms with Crippen molar-refractivity contribution < 1.29 is 4.79 Å². The molecule has 0 saturated carbocycles. The first-order chi connectivity index (χ1) is 7.13. The molecule has 1 aliphatic rings. The molecule has 0 aromatic rings. The zero-order chi connectivity index (χ0) is 11.3. The van der Waals surface area contributed by atoms with E-state index in [1.165, 1.54) is 6.42 Å². The van der Waals surface area contributed by atoms with Gasteiger partial charge in [-0.25, -0.2) is 0 Å². The summed E-state index contributed by atoms with van der Waals surface area (Å²) in [4.78, 5) is 13.7. The first-order valence-electron chi connectivity index (χ1n) is 5.71. The number of carbonyl (C=O) groups is 1. The second kappa shape index (κ2) is 5.74. The lowest BCUT2D eigenvalue weighted by Gasteiger charge is -2.34. The molecule has 1 fully saturated rings. The summed E-state index contributed by atoms with van der Waals surface area (Å²) >= 11 is 0. The average Bonchev–Trinajstić information content (AvgIpc) is 2.16. The van der Waals surface area contributed by atoms with Crippen LogP contribution in [0.15, 0.2) is 24.3 Å². The van der Waals surface area contributed by atoms with Crippen LogP contribution in [-0.2, 0) is 4.79 Å². The number of amides is 1. The predicted octanol–water partition coefficient (Wildman–Crippen LogP) is 2.62. The maximum absolute atomic E-state index is 11.8. The van der Waals surface area contributed by atoms with Crippen molar-refractivity contribution in [2.24, 2.45) is 11.8 Å². The summed E-state index contributed by atoms with van der Waals surface area (Å²) < 4.78 is 0. The lowest BCUT2D eigenvalue weighted by molar-refractivity contribution is -0.128. The Hall–Kier alpha value is -1.05. The summed E-state index contributed by atoms with van der Waals surface area (Å²) in [6.45, 7) is 8.18. The van der Waals surface area contributed by atoms with Gasteiger partial charge in [0.1, 0.15) is 0 Å². The Morgan fingerprint density at radius 2 is 1.80 bits per heavy atom. The Labute approximate surface area is 92.7 Å². The maximum atomic E-state index is 11.8. The molecule has 2 nitrogen and oxygen atoms in total. The maximum Gasteiger partial charge on any atom is 0.246 e. The Kier molecular flexibility index (Phi) is 4.60.